The molecular formula is C15H24N2O. The predicted octanol–water partition coefficient (Wildman–Crippen LogP) is 2.93. The van der Waals surface area contributed by atoms with Crippen LogP contribution in [0.5, 0.6) is 0 Å². The van der Waals surface area contributed by atoms with E-state index in [2.05, 4.69) is 19.2 Å². The summed E-state index contributed by atoms with van der Waals surface area (Å²) in [5, 5.41) is 13.3. The molecule has 0 aromatic heterocycles. The molecule has 0 atom stereocenters. The highest BCUT2D eigenvalue weighted by molar-refractivity contribution is 5.60. The number of aliphatic hydroxyl groups is 1. The Bertz CT molecular complexity index is 409. The first-order valence-electron chi connectivity index (χ1n) is 6.80. The van der Waals surface area contributed by atoms with Crippen LogP contribution in [0.4, 0.5) is 11.4 Å². The molecule has 0 bridgehead atoms. The first-order valence-corrected chi connectivity index (χ1v) is 6.80. The van der Waals surface area contributed by atoms with E-state index in [9.17, 15) is 5.11 Å². The maximum atomic E-state index is 9.76. The number of hydrogen-bond donors (Lipinski definition) is 3. The van der Waals surface area contributed by atoms with Crippen LogP contribution in [-0.4, -0.2) is 17.3 Å². The Morgan fingerprint density at radius 2 is 2.06 bits per heavy atom. The van der Waals surface area contributed by atoms with Crippen molar-refractivity contribution in [3.8, 4) is 0 Å². The van der Waals surface area contributed by atoms with Crippen LogP contribution in [0.1, 0.15) is 38.2 Å². The van der Waals surface area contributed by atoms with E-state index in [0.29, 0.717) is 0 Å². The molecule has 1 fully saturated rings. The lowest BCUT2D eigenvalue weighted by Crippen LogP contribution is -2.45. The van der Waals surface area contributed by atoms with Crippen molar-refractivity contribution in [2.45, 2.75) is 45.1 Å². The van der Waals surface area contributed by atoms with E-state index in [4.69, 9.17) is 5.73 Å². The molecule has 0 saturated heterocycles. The number of nitrogen functional groups attached to an aromatic ring is 1. The fraction of sp³-hybridized carbons (Fsp3) is 0.600. The fourth-order valence-electron chi connectivity index (χ4n) is 2.70. The highest BCUT2D eigenvalue weighted by atomic mass is 16.3. The molecule has 3 heteroatoms. The summed E-state index contributed by atoms with van der Waals surface area (Å²) in [6.07, 6.45) is 4.40. The second-order valence-electron chi connectivity index (χ2n) is 5.82. The summed E-state index contributed by atoms with van der Waals surface area (Å²) in [4.78, 5) is 0. The average Bonchev–Trinajstić information content (AvgIpc) is 2.37. The molecule has 1 aliphatic rings. The van der Waals surface area contributed by atoms with Crippen LogP contribution >= 0.6 is 0 Å². The summed E-state index contributed by atoms with van der Waals surface area (Å²) in [7, 11) is 0. The van der Waals surface area contributed by atoms with Gasteiger partial charge in [-0.05, 0) is 56.2 Å². The fourth-order valence-corrected chi connectivity index (χ4v) is 2.70. The molecule has 18 heavy (non-hydrogen) atoms. The number of aryl methyl sites for hydroxylation is 1. The van der Waals surface area contributed by atoms with Crippen molar-refractivity contribution >= 4 is 11.4 Å². The largest absolute Gasteiger partial charge is 0.399 e. The molecule has 4 N–H and O–H groups in total. The normalized spacial score (nSPS) is 28.1. The molecule has 0 heterocycles. The van der Waals surface area contributed by atoms with Gasteiger partial charge in [0.25, 0.3) is 0 Å². The van der Waals surface area contributed by atoms with Gasteiger partial charge in [0, 0.05) is 11.4 Å². The molecule has 1 saturated carbocycles. The van der Waals surface area contributed by atoms with Gasteiger partial charge >= 0.3 is 0 Å². The minimum absolute atomic E-state index is 0.162. The van der Waals surface area contributed by atoms with Gasteiger partial charge in [-0.3, -0.25) is 0 Å². The number of nitrogens with one attached hydrogen (secondary N) is 1. The minimum Gasteiger partial charge on any atom is -0.399 e. The lowest BCUT2D eigenvalue weighted by molar-refractivity contribution is 0.155. The van der Waals surface area contributed by atoms with Crippen LogP contribution in [0, 0.1) is 12.8 Å². The lowest BCUT2D eigenvalue weighted by Gasteiger charge is -2.40. The third-order valence-corrected chi connectivity index (χ3v) is 4.20. The molecule has 1 aromatic carbocycles. The summed E-state index contributed by atoms with van der Waals surface area (Å²) in [6.45, 7) is 4.54. The maximum Gasteiger partial charge on any atom is 0.0661 e. The Hall–Kier alpha value is -1.22. The molecule has 0 spiro atoms. The molecule has 0 radical (unpaired) electrons. The van der Waals surface area contributed by atoms with Gasteiger partial charge in [-0.1, -0.05) is 13.0 Å². The van der Waals surface area contributed by atoms with E-state index in [0.717, 1.165) is 30.1 Å². The van der Waals surface area contributed by atoms with Crippen molar-refractivity contribution in [1.82, 2.24) is 0 Å². The maximum absolute atomic E-state index is 9.76. The van der Waals surface area contributed by atoms with E-state index in [1.54, 1.807) is 0 Å². The van der Waals surface area contributed by atoms with Gasteiger partial charge in [0.15, 0.2) is 0 Å². The summed E-state index contributed by atoms with van der Waals surface area (Å²) >= 11 is 0. The number of hydrogen-bond acceptors (Lipinski definition) is 3. The van der Waals surface area contributed by atoms with Crippen molar-refractivity contribution in [3.05, 3.63) is 23.8 Å². The summed E-state index contributed by atoms with van der Waals surface area (Å²) in [6, 6.07) is 5.90. The molecule has 3 nitrogen and oxygen atoms in total. The molecule has 0 aliphatic heterocycles. The Balaban J connectivity index is 2.17. The average molecular weight is 248 g/mol. The number of aliphatic hydroxyl groups excluding tert-OH is 1. The van der Waals surface area contributed by atoms with Crippen molar-refractivity contribution in [3.63, 3.8) is 0 Å². The van der Waals surface area contributed by atoms with Crippen molar-refractivity contribution < 1.29 is 5.11 Å². The third kappa shape index (κ3) is 2.78. The standard InChI is InChI=1S/C15H24N2O/c1-11-5-7-15(10-18,8-6-11)17-14-9-13(16)4-3-12(14)2/h3-4,9,11,17-18H,5-8,10,16H2,1-2H3. The number of anilines is 2. The Labute approximate surface area is 109 Å². The zero-order valence-corrected chi connectivity index (χ0v) is 11.4. The van der Waals surface area contributed by atoms with Crippen LogP contribution < -0.4 is 11.1 Å². The lowest BCUT2D eigenvalue weighted by atomic mass is 9.77. The summed E-state index contributed by atoms with van der Waals surface area (Å²) in [5.74, 6) is 0.772. The molecular weight excluding hydrogens is 224 g/mol. The van der Waals surface area contributed by atoms with Gasteiger partial charge in [-0.25, -0.2) is 0 Å². The summed E-state index contributed by atoms with van der Waals surface area (Å²) in [5.41, 5.74) is 8.67. The highest BCUT2D eigenvalue weighted by Crippen LogP contribution is 2.35. The first-order chi connectivity index (χ1) is 8.54. The first kappa shape index (κ1) is 13.2. The van der Waals surface area contributed by atoms with Gasteiger partial charge < -0.3 is 16.2 Å². The van der Waals surface area contributed by atoms with Gasteiger partial charge in [0.05, 0.1) is 12.1 Å². The van der Waals surface area contributed by atoms with Crippen LogP contribution in [0.2, 0.25) is 0 Å². The van der Waals surface area contributed by atoms with Gasteiger partial charge in [0.2, 0.25) is 0 Å². The van der Waals surface area contributed by atoms with E-state index >= 15 is 0 Å². The van der Waals surface area contributed by atoms with E-state index < -0.39 is 0 Å². The smallest absolute Gasteiger partial charge is 0.0661 e. The molecule has 1 aliphatic carbocycles. The quantitative estimate of drug-likeness (QED) is 0.721. The topological polar surface area (TPSA) is 58.3 Å². The van der Waals surface area contributed by atoms with Gasteiger partial charge in [-0.15, -0.1) is 0 Å². The third-order valence-electron chi connectivity index (χ3n) is 4.20. The summed E-state index contributed by atoms with van der Waals surface area (Å²) < 4.78 is 0. The highest BCUT2D eigenvalue weighted by Gasteiger charge is 2.33. The Kier molecular flexibility index (Phi) is 3.81. The molecule has 0 unspecified atom stereocenters. The number of nitrogens with two attached hydrogens (primary N) is 1. The van der Waals surface area contributed by atoms with Crippen molar-refractivity contribution in [1.29, 1.82) is 0 Å². The number of rotatable bonds is 3. The molecule has 2 rings (SSSR count). The second kappa shape index (κ2) is 5.19. The zero-order chi connectivity index (χ0) is 13.2. The minimum atomic E-state index is -0.162. The SMILES string of the molecule is Cc1ccc(N)cc1NC1(CO)CCC(C)CC1. The second-order valence-corrected chi connectivity index (χ2v) is 5.82. The monoisotopic (exact) mass is 248 g/mol. The van der Waals surface area contributed by atoms with E-state index in [1.807, 2.05) is 18.2 Å². The van der Waals surface area contributed by atoms with Gasteiger partial charge in [0.1, 0.15) is 0 Å². The van der Waals surface area contributed by atoms with Crippen LogP contribution in [-0.2, 0) is 0 Å². The Morgan fingerprint density at radius 3 is 2.67 bits per heavy atom. The molecule has 0 amide bonds. The van der Waals surface area contributed by atoms with Crippen LogP contribution in [0.15, 0.2) is 18.2 Å². The van der Waals surface area contributed by atoms with E-state index in [-0.39, 0.29) is 12.1 Å². The van der Waals surface area contributed by atoms with E-state index in [1.165, 1.54) is 18.4 Å². The van der Waals surface area contributed by atoms with Crippen LogP contribution in [0.3, 0.4) is 0 Å². The van der Waals surface area contributed by atoms with Crippen molar-refractivity contribution in [2.75, 3.05) is 17.7 Å². The predicted molar refractivity (Wildman–Crippen MR) is 76.7 cm³/mol. The van der Waals surface area contributed by atoms with Crippen LogP contribution in [0.25, 0.3) is 0 Å². The number of benzene rings is 1. The Morgan fingerprint density at radius 1 is 1.39 bits per heavy atom. The van der Waals surface area contributed by atoms with Crippen molar-refractivity contribution in [2.24, 2.45) is 5.92 Å². The molecule has 1 aromatic rings. The molecule has 100 valence electrons. The van der Waals surface area contributed by atoms with Gasteiger partial charge in [-0.2, -0.15) is 0 Å². The zero-order valence-electron chi connectivity index (χ0n) is 11.4.